The number of nitrogens with one attached hydrogen (secondary N) is 1. The summed E-state index contributed by atoms with van der Waals surface area (Å²) in [5.41, 5.74) is 1.12. The first-order valence-corrected chi connectivity index (χ1v) is 8.71. The highest BCUT2D eigenvalue weighted by Gasteiger charge is 2.32. The van der Waals surface area contributed by atoms with E-state index in [9.17, 15) is 0 Å². The molecule has 1 atom stereocenters. The third kappa shape index (κ3) is 2.51. The Hall–Kier alpha value is -1.23. The summed E-state index contributed by atoms with van der Waals surface area (Å²) in [5, 5.41) is 7.08. The number of para-hydroxylation sites is 1. The van der Waals surface area contributed by atoms with Crippen molar-refractivity contribution < 1.29 is 0 Å². The van der Waals surface area contributed by atoms with Crippen LogP contribution in [-0.4, -0.2) is 4.98 Å². The molecule has 1 aliphatic rings. The summed E-state index contributed by atoms with van der Waals surface area (Å²) in [6, 6.07) is 13.3. The average Bonchev–Trinajstić information content (AvgIpc) is 3.01. The number of aromatic nitrogens is 1. The first kappa shape index (κ1) is 12.5. The van der Waals surface area contributed by atoms with Gasteiger partial charge in [0.15, 0.2) is 0 Å². The Bertz CT molecular complexity index is 665. The van der Waals surface area contributed by atoms with E-state index in [-0.39, 0.29) is 0 Å². The minimum Gasteiger partial charge on any atom is -0.303 e. The molecule has 0 amide bonds. The Morgan fingerprint density at radius 2 is 2.10 bits per heavy atom. The molecule has 20 heavy (non-hydrogen) atoms. The molecule has 0 bridgehead atoms. The van der Waals surface area contributed by atoms with E-state index < -0.39 is 0 Å². The maximum Gasteiger partial charge on any atom is 0.108 e. The molecule has 0 radical (unpaired) electrons. The number of hydrogen-bond donors (Lipinski definition) is 1. The molecule has 1 saturated carbocycles. The van der Waals surface area contributed by atoms with Crippen LogP contribution in [0.3, 0.4) is 0 Å². The number of thiazole rings is 1. The van der Waals surface area contributed by atoms with Crippen LogP contribution in [0.4, 0.5) is 0 Å². The zero-order valence-corrected chi connectivity index (χ0v) is 12.7. The fourth-order valence-electron chi connectivity index (χ4n) is 2.59. The van der Waals surface area contributed by atoms with Crippen LogP contribution in [-0.2, 0) is 6.54 Å². The fraction of sp³-hybridized carbons (Fsp3) is 0.312. The second kappa shape index (κ2) is 5.28. The SMILES string of the molecule is c1csc(C(NCc2nc3ccccc3s2)C2CC2)c1. The number of nitrogens with zero attached hydrogens (tertiary/aromatic N) is 1. The van der Waals surface area contributed by atoms with Gasteiger partial charge in [-0.25, -0.2) is 4.98 Å². The minimum atomic E-state index is 0.516. The lowest BCUT2D eigenvalue weighted by Crippen LogP contribution is -2.21. The van der Waals surface area contributed by atoms with E-state index in [2.05, 4.69) is 47.1 Å². The van der Waals surface area contributed by atoms with Gasteiger partial charge in [-0.15, -0.1) is 22.7 Å². The molecule has 3 aromatic rings. The topological polar surface area (TPSA) is 24.9 Å². The highest BCUT2D eigenvalue weighted by atomic mass is 32.1. The maximum absolute atomic E-state index is 4.71. The molecule has 0 saturated heterocycles. The van der Waals surface area contributed by atoms with E-state index in [0.29, 0.717) is 6.04 Å². The molecule has 1 unspecified atom stereocenters. The summed E-state index contributed by atoms with van der Waals surface area (Å²) >= 11 is 3.66. The summed E-state index contributed by atoms with van der Waals surface area (Å²) < 4.78 is 1.28. The molecule has 102 valence electrons. The second-order valence-corrected chi connectivity index (χ2v) is 7.38. The van der Waals surface area contributed by atoms with Gasteiger partial charge in [-0.2, -0.15) is 0 Å². The van der Waals surface area contributed by atoms with Crippen molar-refractivity contribution in [2.45, 2.75) is 25.4 Å². The molecule has 2 aromatic heterocycles. The van der Waals surface area contributed by atoms with Gasteiger partial charge >= 0.3 is 0 Å². The minimum absolute atomic E-state index is 0.516. The van der Waals surface area contributed by atoms with E-state index in [1.165, 1.54) is 27.4 Å². The van der Waals surface area contributed by atoms with Crippen LogP contribution in [0.5, 0.6) is 0 Å². The van der Waals surface area contributed by atoms with Crippen LogP contribution in [0, 0.1) is 5.92 Å². The molecule has 0 spiro atoms. The number of fused-ring (bicyclic) bond motifs is 1. The molecule has 2 nitrogen and oxygen atoms in total. The number of thiophene rings is 1. The molecule has 1 aromatic carbocycles. The van der Waals surface area contributed by atoms with Gasteiger partial charge in [0.25, 0.3) is 0 Å². The first-order valence-electron chi connectivity index (χ1n) is 7.01. The Kier molecular flexibility index (Phi) is 3.30. The highest BCUT2D eigenvalue weighted by molar-refractivity contribution is 7.18. The number of hydrogen-bond acceptors (Lipinski definition) is 4. The first-order chi connectivity index (χ1) is 9.90. The predicted octanol–water partition coefficient (Wildman–Crippen LogP) is 4.60. The van der Waals surface area contributed by atoms with E-state index >= 15 is 0 Å². The Morgan fingerprint density at radius 3 is 2.85 bits per heavy atom. The lowest BCUT2D eigenvalue weighted by Gasteiger charge is -2.15. The smallest absolute Gasteiger partial charge is 0.108 e. The van der Waals surface area contributed by atoms with Crippen molar-refractivity contribution in [3.05, 3.63) is 51.7 Å². The molecular formula is C16H16N2S2. The lowest BCUT2D eigenvalue weighted by atomic mass is 10.1. The standard InChI is InChI=1S/C16H16N2S2/c1-2-5-13-12(4-1)18-15(20-13)10-17-16(11-7-8-11)14-6-3-9-19-14/h1-6,9,11,16-17H,7-8,10H2. The van der Waals surface area contributed by atoms with E-state index in [0.717, 1.165) is 18.0 Å². The Balaban J connectivity index is 1.51. The highest BCUT2D eigenvalue weighted by Crippen LogP contribution is 2.42. The molecule has 1 fully saturated rings. The van der Waals surface area contributed by atoms with Crippen molar-refractivity contribution in [2.24, 2.45) is 5.92 Å². The maximum atomic E-state index is 4.71. The van der Waals surface area contributed by atoms with Crippen LogP contribution >= 0.6 is 22.7 Å². The molecule has 4 rings (SSSR count). The van der Waals surface area contributed by atoms with Gasteiger partial charge in [-0.05, 0) is 42.3 Å². The van der Waals surface area contributed by atoms with Crippen LogP contribution in [0.15, 0.2) is 41.8 Å². The number of benzene rings is 1. The zero-order chi connectivity index (χ0) is 13.4. The van der Waals surface area contributed by atoms with Crippen LogP contribution in [0.1, 0.15) is 28.8 Å². The normalized spacial score (nSPS) is 16.6. The summed E-state index contributed by atoms with van der Waals surface area (Å²) in [6.45, 7) is 0.873. The lowest BCUT2D eigenvalue weighted by molar-refractivity contribution is 0.487. The fourth-order valence-corrected chi connectivity index (χ4v) is 4.40. The molecule has 0 aliphatic heterocycles. The summed E-state index contributed by atoms with van der Waals surface area (Å²) in [7, 11) is 0. The summed E-state index contributed by atoms with van der Waals surface area (Å²) in [4.78, 5) is 6.17. The number of rotatable bonds is 5. The van der Waals surface area contributed by atoms with Gasteiger partial charge in [-0.1, -0.05) is 18.2 Å². The van der Waals surface area contributed by atoms with Crippen LogP contribution in [0.25, 0.3) is 10.2 Å². The zero-order valence-electron chi connectivity index (χ0n) is 11.1. The van der Waals surface area contributed by atoms with E-state index in [1.807, 2.05) is 11.3 Å². The largest absolute Gasteiger partial charge is 0.303 e. The quantitative estimate of drug-likeness (QED) is 0.745. The Morgan fingerprint density at radius 1 is 1.20 bits per heavy atom. The third-order valence-corrected chi connectivity index (χ3v) is 5.75. The average molecular weight is 300 g/mol. The van der Waals surface area contributed by atoms with Gasteiger partial charge in [0.1, 0.15) is 5.01 Å². The van der Waals surface area contributed by atoms with Crippen molar-refractivity contribution in [1.82, 2.24) is 10.3 Å². The molecule has 1 N–H and O–H groups in total. The predicted molar refractivity (Wildman–Crippen MR) is 86.2 cm³/mol. The molecule has 4 heteroatoms. The summed E-state index contributed by atoms with van der Waals surface area (Å²) in [5.74, 6) is 0.822. The molecule has 2 heterocycles. The van der Waals surface area contributed by atoms with Crippen molar-refractivity contribution in [2.75, 3.05) is 0 Å². The van der Waals surface area contributed by atoms with Crippen molar-refractivity contribution in [3.63, 3.8) is 0 Å². The van der Waals surface area contributed by atoms with Crippen LogP contribution < -0.4 is 5.32 Å². The van der Waals surface area contributed by atoms with E-state index in [1.54, 1.807) is 11.3 Å². The van der Waals surface area contributed by atoms with Gasteiger partial charge in [0.2, 0.25) is 0 Å². The van der Waals surface area contributed by atoms with Gasteiger partial charge in [0.05, 0.1) is 10.2 Å². The van der Waals surface area contributed by atoms with Crippen molar-refractivity contribution in [1.29, 1.82) is 0 Å². The van der Waals surface area contributed by atoms with Gasteiger partial charge in [-0.3, -0.25) is 0 Å². The van der Waals surface area contributed by atoms with Crippen molar-refractivity contribution in [3.8, 4) is 0 Å². The molecular weight excluding hydrogens is 284 g/mol. The van der Waals surface area contributed by atoms with Gasteiger partial charge in [0, 0.05) is 17.5 Å². The third-order valence-electron chi connectivity index (χ3n) is 3.75. The molecule has 1 aliphatic carbocycles. The van der Waals surface area contributed by atoms with Gasteiger partial charge < -0.3 is 5.32 Å². The van der Waals surface area contributed by atoms with Crippen molar-refractivity contribution >= 4 is 32.9 Å². The monoisotopic (exact) mass is 300 g/mol. The summed E-state index contributed by atoms with van der Waals surface area (Å²) in [6.07, 6.45) is 2.71. The second-order valence-electron chi connectivity index (χ2n) is 5.29. The van der Waals surface area contributed by atoms with Crippen LogP contribution in [0.2, 0.25) is 0 Å². The Labute approximate surface area is 126 Å². The van der Waals surface area contributed by atoms with E-state index in [4.69, 9.17) is 4.98 Å².